The van der Waals surface area contributed by atoms with Crippen LogP contribution in [0.15, 0.2) is 30.6 Å². The predicted octanol–water partition coefficient (Wildman–Crippen LogP) is 1.88. The van der Waals surface area contributed by atoms with Crippen molar-refractivity contribution in [3.05, 3.63) is 47.5 Å². The second-order valence-corrected chi connectivity index (χ2v) is 4.58. The maximum Gasteiger partial charge on any atom is 0.252 e. The minimum absolute atomic E-state index is 0.116. The zero-order valence-electron chi connectivity index (χ0n) is 11.6. The molecule has 1 aromatic carbocycles. The molecule has 0 saturated carbocycles. The summed E-state index contributed by atoms with van der Waals surface area (Å²) in [6.07, 6.45) is 4.19. The van der Waals surface area contributed by atoms with E-state index in [1.165, 1.54) is 0 Å². The number of anilines is 1. The maximum absolute atomic E-state index is 12.3. The second kappa shape index (κ2) is 6.21. The lowest BCUT2D eigenvalue weighted by Gasteiger charge is -2.16. The zero-order valence-corrected chi connectivity index (χ0v) is 11.6. The number of nitrogen functional groups attached to an aromatic ring is 1. The lowest BCUT2D eigenvalue weighted by atomic mass is 10.1. The average molecular weight is 273 g/mol. The number of aromatic amines is 1. The third-order valence-electron chi connectivity index (χ3n) is 3.20. The van der Waals surface area contributed by atoms with Crippen molar-refractivity contribution in [3.63, 3.8) is 0 Å². The second-order valence-electron chi connectivity index (χ2n) is 4.58. The van der Waals surface area contributed by atoms with Gasteiger partial charge in [0.05, 0.1) is 6.04 Å². The Labute approximate surface area is 117 Å². The van der Waals surface area contributed by atoms with Crippen molar-refractivity contribution in [2.24, 2.45) is 5.84 Å². The van der Waals surface area contributed by atoms with Crippen molar-refractivity contribution < 1.29 is 4.79 Å². The number of hydrazine groups is 1. The van der Waals surface area contributed by atoms with E-state index >= 15 is 0 Å². The van der Waals surface area contributed by atoms with Crippen LogP contribution in [0.1, 0.15) is 41.1 Å². The van der Waals surface area contributed by atoms with Gasteiger partial charge < -0.3 is 15.7 Å². The van der Waals surface area contributed by atoms with Gasteiger partial charge in [-0.05, 0) is 37.1 Å². The number of rotatable bonds is 5. The molecular formula is C14H19N5O. The van der Waals surface area contributed by atoms with Gasteiger partial charge in [0.1, 0.15) is 5.82 Å². The first-order chi connectivity index (χ1) is 9.65. The van der Waals surface area contributed by atoms with Crippen LogP contribution < -0.4 is 16.6 Å². The van der Waals surface area contributed by atoms with E-state index in [1.807, 2.05) is 19.9 Å². The van der Waals surface area contributed by atoms with Gasteiger partial charge >= 0.3 is 0 Å². The summed E-state index contributed by atoms with van der Waals surface area (Å²) in [4.78, 5) is 19.5. The van der Waals surface area contributed by atoms with Gasteiger partial charge in [0.15, 0.2) is 0 Å². The fourth-order valence-electron chi connectivity index (χ4n) is 2.08. The summed E-state index contributed by atoms with van der Waals surface area (Å²) in [5.74, 6) is 5.99. The van der Waals surface area contributed by atoms with Crippen LogP contribution in [0.2, 0.25) is 0 Å². The van der Waals surface area contributed by atoms with Gasteiger partial charge in [-0.3, -0.25) is 10.6 Å². The molecule has 2 rings (SSSR count). The summed E-state index contributed by atoms with van der Waals surface area (Å²) in [7, 11) is 0. The number of nitrogens with zero attached hydrogens (tertiary/aromatic N) is 1. The molecule has 1 heterocycles. The van der Waals surface area contributed by atoms with Gasteiger partial charge in [0.2, 0.25) is 0 Å². The van der Waals surface area contributed by atoms with E-state index in [9.17, 15) is 4.79 Å². The molecule has 0 spiro atoms. The van der Waals surface area contributed by atoms with Gasteiger partial charge in [0.25, 0.3) is 5.91 Å². The molecule has 0 bridgehead atoms. The number of carbonyl (C=O) groups is 1. The predicted molar refractivity (Wildman–Crippen MR) is 78.1 cm³/mol. The highest BCUT2D eigenvalue weighted by molar-refractivity contribution is 5.96. The largest absolute Gasteiger partial charge is 0.347 e. The minimum atomic E-state index is -0.121. The number of hydrogen-bond acceptors (Lipinski definition) is 4. The number of imidazole rings is 1. The number of amides is 1. The maximum atomic E-state index is 12.3. The minimum Gasteiger partial charge on any atom is -0.347 e. The van der Waals surface area contributed by atoms with E-state index in [4.69, 9.17) is 5.84 Å². The van der Waals surface area contributed by atoms with E-state index in [2.05, 4.69) is 20.7 Å². The smallest absolute Gasteiger partial charge is 0.252 e. The molecule has 0 aliphatic carbocycles. The number of nitrogens with one attached hydrogen (secondary N) is 3. The van der Waals surface area contributed by atoms with E-state index in [0.717, 1.165) is 23.5 Å². The molecule has 6 heteroatoms. The molecule has 1 aromatic heterocycles. The Morgan fingerprint density at radius 2 is 2.30 bits per heavy atom. The summed E-state index contributed by atoms with van der Waals surface area (Å²) in [5, 5.41) is 2.98. The first-order valence-electron chi connectivity index (χ1n) is 6.53. The third kappa shape index (κ3) is 2.97. The summed E-state index contributed by atoms with van der Waals surface area (Å²) in [5.41, 5.74) is 4.84. The monoisotopic (exact) mass is 273 g/mol. The Morgan fingerprint density at radius 1 is 1.50 bits per heavy atom. The topological polar surface area (TPSA) is 95.8 Å². The summed E-state index contributed by atoms with van der Waals surface area (Å²) >= 11 is 0. The molecule has 1 atom stereocenters. The van der Waals surface area contributed by atoms with Crippen LogP contribution in [0.4, 0.5) is 5.69 Å². The number of benzene rings is 1. The first-order valence-corrected chi connectivity index (χ1v) is 6.53. The molecule has 0 radical (unpaired) electrons. The van der Waals surface area contributed by atoms with E-state index in [-0.39, 0.29) is 11.9 Å². The highest BCUT2D eigenvalue weighted by Gasteiger charge is 2.17. The fourth-order valence-corrected chi connectivity index (χ4v) is 2.08. The molecule has 1 unspecified atom stereocenters. The van der Waals surface area contributed by atoms with Crippen LogP contribution >= 0.6 is 0 Å². The summed E-state index contributed by atoms with van der Waals surface area (Å²) < 4.78 is 0. The quantitative estimate of drug-likeness (QED) is 0.494. The van der Waals surface area contributed by atoms with Crippen LogP contribution in [0.3, 0.4) is 0 Å². The van der Waals surface area contributed by atoms with Crippen molar-refractivity contribution >= 4 is 11.6 Å². The molecule has 2 aromatic rings. The number of aryl methyl sites for hydroxylation is 1. The Balaban J connectivity index is 2.15. The Kier molecular flexibility index (Phi) is 4.37. The molecule has 0 saturated heterocycles. The number of H-pyrrole nitrogens is 1. The molecule has 1 amide bonds. The molecule has 6 nitrogen and oxygen atoms in total. The van der Waals surface area contributed by atoms with Gasteiger partial charge in [0, 0.05) is 23.6 Å². The van der Waals surface area contributed by atoms with Crippen LogP contribution in [-0.2, 0) is 0 Å². The van der Waals surface area contributed by atoms with Gasteiger partial charge in [-0.15, -0.1) is 0 Å². The van der Waals surface area contributed by atoms with Crippen LogP contribution in [0.5, 0.6) is 0 Å². The molecule has 0 fully saturated rings. The molecule has 0 aliphatic heterocycles. The highest BCUT2D eigenvalue weighted by Crippen LogP contribution is 2.17. The Morgan fingerprint density at radius 3 is 2.85 bits per heavy atom. The van der Waals surface area contributed by atoms with Crippen LogP contribution in [0.25, 0.3) is 0 Å². The Hall–Kier alpha value is -2.34. The van der Waals surface area contributed by atoms with Crippen molar-refractivity contribution in [3.8, 4) is 0 Å². The standard InChI is InChI=1S/C14H19N5O/c1-3-12(13-16-6-7-17-13)18-14(20)11-5-4-10(19-15)8-9(11)2/h4-8,12,19H,3,15H2,1-2H3,(H,16,17)(H,18,20). The van der Waals surface area contributed by atoms with E-state index in [1.54, 1.807) is 24.5 Å². The van der Waals surface area contributed by atoms with Crippen molar-refractivity contribution in [1.82, 2.24) is 15.3 Å². The van der Waals surface area contributed by atoms with Gasteiger partial charge in [-0.25, -0.2) is 4.98 Å². The van der Waals surface area contributed by atoms with Gasteiger partial charge in [-0.1, -0.05) is 6.92 Å². The number of aromatic nitrogens is 2. The van der Waals surface area contributed by atoms with Crippen LogP contribution in [-0.4, -0.2) is 15.9 Å². The molecule has 106 valence electrons. The van der Waals surface area contributed by atoms with E-state index in [0.29, 0.717) is 5.56 Å². The lowest BCUT2D eigenvalue weighted by molar-refractivity contribution is 0.0933. The molecule has 0 aliphatic rings. The SMILES string of the molecule is CCC(NC(=O)c1ccc(NN)cc1C)c1ncc[nH]1. The average Bonchev–Trinajstić information content (AvgIpc) is 2.98. The highest BCUT2D eigenvalue weighted by atomic mass is 16.1. The van der Waals surface area contributed by atoms with Crippen molar-refractivity contribution in [1.29, 1.82) is 0 Å². The molecule has 20 heavy (non-hydrogen) atoms. The van der Waals surface area contributed by atoms with Gasteiger partial charge in [-0.2, -0.15) is 0 Å². The lowest BCUT2D eigenvalue weighted by Crippen LogP contribution is -2.29. The summed E-state index contributed by atoms with van der Waals surface area (Å²) in [6, 6.07) is 5.25. The fraction of sp³-hybridized carbons (Fsp3) is 0.286. The van der Waals surface area contributed by atoms with E-state index < -0.39 is 0 Å². The number of carbonyl (C=O) groups excluding carboxylic acids is 1. The number of hydrogen-bond donors (Lipinski definition) is 4. The molecular weight excluding hydrogens is 254 g/mol. The Bertz CT molecular complexity index is 579. The van der Waals surface area contributed by atoms with Crippen LogP contribution in [0, 0.1) is 6.92 Å². The normalized spacial score (nSPS) is 11.9. The third-order valence-corrected chi connectivity index (χ3v) is 3.20. The molecule has 5 N–H and O–H groups in total. The first kappa shape index (κ1) is 14.1. The number of nitrogens with two attached hydrogens (primary N) is 1. The van der Waals surface area contributed by atoms with Crippen molar-refractivity contribution in [2.75, 3.05) is 5.43 Å². The zero-order chi connectivity index (χ0) is 14.5. The van der Waals surface area contributed by atoms with Crippen molar-refractivity contribution in [2.45, 2.75) is 26.3 Å². The summed E-state index contributed by atoms with van der Waals surface area (Å²) in [6.45, 7) is 3.88.